The summed E-state index contributed by atoms with van der Waals surface area (Å²) in [6.45, 7) is 7.45. The first-order chi connectivity index (χ1) is 7.18. The van der Waals surface area contributed by atoms with Crippen LogP contribution in [-0.4, -0.2) is 28.7 Å². The van der Waals surface area contributed by atoms with Crippen LogP contribution in [0.15, 0.2) is 0 Å². The van der Waals surface area contributed by atoms with E-state index in [1.807, 2.05) is 13.8 Å². The molecule has 1 aliphatic carbocycles. The Morgan fingerprint density at radius 2 is 2.06 bits per heavy atom. The molecular weight excluding hydrogens is 228 g/mol. The van der Waals surface area contributed by atoms with Crippen LogP contribution in [0.3, 0.4) is 0 Å². The van der Waals surface area contributed by atoms with Crippen LogP contribution in [0.4, 0.5) is 0 Å². The molecule has 1 saturated carbocycles. The molecule has 0 aromatic heterocycles. The van der Waals surface area contributed by atoms with Crippen molar-refractivity contribution in [3.8, 4) is 0 Å². The highest BCUT2D eigenvalue weighted by Gasteiger charge is 2.50. The topological polar surface area (TPSA) is 46.5 Å². The number of rotatable bonds is 2. The lowest BCUT2D eigenvalue weighted by Gasteiger charge is -2.50. The molecule has 0 saturated heterocycles. The van der Waals surface area contributed by atoms with Crippen LogP contribution in [-0.2, 0) is 9.53 Å². The van der Waals surface area contributed by atoms with Gasteiger partial charge in [-0.1, -0.05) is 13.8 Å². The van der Waals surface area contributed by atoms with Gasteiger partial charge in [0.15, 0.2) is 0 Å². The van der Waals surface area contributed by atoms with Gasteiger partial charge in [-0.05, 0) is 25.2 Å². The average molecular weight is 249 g/mol. The van der Waals surface area contributed by atoms with Gasteiger partial charge in [0.1, 0.15) is 0 Å². The fourth-order valence-corrected chi connectivity index (χ4v) is 2.84. The van der Waals surface area contributed by atoms with Gasteiger partial charge in [0.2, 0.25) is 0 Å². The number of carbonyl (C=O) groups excluding carboxylic acids is 1. The number of ether oxygens (including phenoxy) is 1. The maximum absolute atomic E-state index is 10.9. The lowest BCUT2D eigenvalue weighted by molar-refractivity contribution is -0.154. The summed E-state index contributed by atoms with van der Waals surface area (Å²) in [6.07, 6.45) is 1.44. The minimum Gasteiger partial charge on any atom is -0.465 e. The molecular formula is C12H21ClO3. The predicted molar refractivity (Wildman–Crippen MR) is 63.4 cm³/mol. The fraction of sp³-hybridized carbons (Fsp3) is 0.917. The number of hydrogen-bond acceptors (Lipinski definition) is 3. The fourth-order valence-electron chi connectivity index (χ4n) is 2.58. The largest absolute Gasteiger partial charge is 0.465 e. The molecule has 0 bridgehead atoms. The summed E-state index contributed by atoms with van der Waals surface area (Å²) in [5.74, 6) is -0.441. The van der Waals surface area contributed by atoms with Crippen molar-refractivity contribution in [3.63, 3.8) is 0 Å². The van der Waals surface area contributed by atoms with Gasteiger partial charge in [0.05, 0.1) is 12.2 Å². The Morgan fingerprint density at radius 1 is 1.50 bits per heavy atom. The standard InChI is InChI=1S/C12H21ClO3/c1-8(14)16-7-9-11(2,3)10(13)5-6-12(9,4)15/h9-10,15H,5-7H2,1-4H3/t9-,10-,12-/m0/s1. The molecule has 4 heteroatoms. The van der Waals surface area contributed by atoms with E-state index in [0.29, 0.717) is 6.42 Å². The number of esters is 1. The third-order valence-corrected chi connectivity index (χ3v) is 4.59. The van der Waals surface area contributed by atoms with Gasteiger partial charge in [-0.25, -0.2) is 0 Å². The molecule has 0 heterocycles. The van der Waals surface area contributed by atoms with Crippen molar-refractivity contribution in [1.82, 2.24) is 0 Å². The number of halogens is 1. The van der Waals surface area contributed by atoms with Crippen LogP contribution in [0.1, 0.15) is 40.5 Å². The van der Waals surface area contributed by atoms with Crippen molar-refractivity contribution in [1.29, 1.82) is 0 Å². The SMILES string of the molecule is CC(=O)OC[C@H]1C(C)(C)[C@@H](Cl)CC[C@]1(C)O. The minimum atomic E-state index is -0.815. The van der Waals surface area contributed by atoms with Gasteiger partial charge in [-0.2, -0.15) is 0 Å². The summed E-state index contributed by atoms with van der Waals surface area (Å²) >= 11 is 6.29. The Bertz CT molecular complexity index is 273. The highest BCUT2D eigenvalue weighted by molar-refractivity contribution is 6.21. The van der Waals surface area contributed by atoms with E-state index in [4.69, 9.17) is 16.3 Å². The van der Waals surface area contributed by atoms with Crippen molar-refractivity contribution in [2.75, 3.05) is 6.61 Å². The van der Waals surface area contributed by atoms with Gasteiger partial charge < -0.3 is 9.84 Å². The predicted octanol–water partition coefficient (Wildman–Crippen LogP) is 2.34. The third-order valence-electron chi connectivity index (χ3n) is 3.81. The zero-order valence-corrected chi connectivity index (χ0v) is 11.2. The molecule has 1 rings (SSSR count). The quantitative estimate of drug-likeness (QED) is 0.603. The number of carbonyl (C=O) groups is 1. The number of hydrogen-bond donors (Lipinski definition) is 1. The van der Waals surface area contributed by atoms with Crippen LogP contribution in [0.25, 0.3) is 0 Å². The van der Waals surface area contributed by atoms with Crippen molar-refractivity contribution >= 4 is 17.6 Å². The molecule has 1 aliphatic rings. The molecule has 0 aromatic rings. The van der Waals surface area contributed by atoms with E-state index in [1.165, 1.54) is 6.92 Å². The Hall–Kier alpha value is -0.280. The lowest BCUT2D eigenvalue weighted by atomic mass is 9.62. The number of alkyl halides is 1. The molecule has 0 aliphatic heterocycles. The second-order valence-electron chi connectivity index (χ2n) is 5.54. The third kappa shape index (κ3) is 2.69. The van der Waals surface area contributed by atoms with E-state index >= 15 is 0 Å². The molecule has 0 aromatic carbocycles. The monoisotopic (exact) mass is 248 g/mol. The smallest absolute Gasteiger partial charge is 0.302 e. The highest BCUT2D eigenvalue weighted by atomic mass is 35.5. The van der Waals surface area contributed by atoms with Gasteiger partial charge in [0.25, 0.3) is 0 Å². The molecule has 16 heavy (non-hydrogen) atoms. The van der Waals surface area contributed by atoms with Crippen molar-refractivity contribution < 1.29 is 14.6 Å². The second-order valence-corrected chi connectivity index (χ2v) is 6.07. The normalized spacial score (nSPS) is 38.1. The van der Waals surface area contributed by atoms with Crippen LogP contribution in [0, 0.1) is 11.3 Å². The summed E-state index contributed by atoms with van der Waals surface area (Å²) in [7, 11) is 0. The van der Waals surface area contributed by atoms with Gasteiger partial charge >= 0.3 is 5.97 Å². The molecule has 0 spiro atoms. The van der Waals surface area contributed by atoms with Crippen LogP contribution in [0.5, 0.6) is 0 Å². The van der Waals surface area contributed by atoms with E-state index in [2.05, 4.69) is 0 Å². The molecule has 94 valence electrons. The minimum absolute atomic E-state index is 0.00767. The zero-order chi connectivity index (χ0) is 12.6. The summed E-state index contributed by atoms with van der Waals surface area (Å²) < 4.78 is 5.04. The maximum atomic E-state index is 10.9. The van der Waals surface area contributed by atoms with Crippen LogP contribution in [0.2, 0.25) is 0 Å². The second kappa shape index (κ2) is 4.53. The Labute approximate surface area is 102 Å². The summed E-state index contributed by atoms with van der Waals surface area (Å²) in [4.78, 5) is 10.9. The molecule has 3 nitrogen and oxygen atoms in total. The summed E-state index contributed by atoms with van der Waals surface area (Å²) in [5, 5.41) is 10.4. The molecule has 0 radical (unpaired) electrons. The summed E-state index contributed by atoms with van der Waals surface area (Å²) in [5.41, 5.74) is -1.05. The van der Waals surface area contributed by atoms with E-state index in [0.717, 1.165) is 6.42 Å². The maximum Gasteiger partial charge on any atom is 0.302 e. The Balaban J connectivity index is 2.83. The van der Waals surface area contributed by atoms with E-state index in [1.54, 1.807) is 6.92 Å². The van der Waals surface area contributed by atoms with Crippen LogP contribution >= 0.6 is 11.6 Å². The van der Waals surface area contributed by atoms with E-state index in [9.17, 15) is 9.90 Å². The molecule has 0 unspecified atom stereocenters. The van der Waals surface area contributed by atoms with E-state index < -0.39 is 5.60 Å². The Kier molecular flexibility index (Phi) is 3.91. The Morgan fingerprint density at radius 3 is 2.56 bits per heavy atom. The highest BCUT2D eigenvalue weighted by Crippen LogP contribution is 2.48. The molecule has 0 amide bonds. The first kappa shape index (κ1) is 13.8. The van der Waals surface area contributed by atoms with Gasteiger partial charge in [0, 0.05) is 18.2 Å². The first-order valence-corrected chi connectivity index (χ1v) is 6.11. The number of aliphatic hydroxyl groups is 1. The van der Waals surface area contributed by atoms with Crippen molar-refractivity contribution in [2.24, 2.45) is 11.3 Å². The molecule has 3 atom stereocenters. The van der Waals surface area contributed by atoms with E-state index in [-0.39, 0.29) is 29.3 Å². The molecule has 1 N–H and O–H groups in total. The molecule has 1 fully saturated rings. The van der Waals surface area contributed by atoms with Crippen molar-refractivity contribution in [2.45, 2.75) is 51.5 Å². The van der Waals surface area contributed by atoms with Crippen molar-refractivity contribution in [3.05, 3.63) is 0 Å². The summed E-state index contributed by atoms with van der Waals surface area (Å²) in [6, 6.07) is 0. The zero-order valence-electron chi connectivity index (χ0n) is 10.4. The average Bonchev–Trinajstić information content (AvgIpc) is 2.11. The van der Waals surface area contributed by atoms with Gasteiger partial charge in [-0.3, -0.25) is 4.79 Å². The first-order valence-electron chi connectivity index (χ1n) is 5.67. The van der Waals surface area contributed by atoms with Crippen LogP contribution < -0.4 is 0 Å². The lowest BCUT2D eigenvalue weighted by Crippen LogP contribution is -2.54. The van der Waals surface area contributed by atoms with Gasteiger partial charge in [-0.15, -0.1) is 11.6 Å².